The van der Waals surface area contributed by atoms with Crippen molar-refractivity contribution in [2.75, 3.05) is 17.2 Å². The third-order valence-corrected chi connectivity index (χ3v) is 5.37. The van der Waals surface area contributed by atoms with Gasteiger partial charge in [0, 0.05) is 0 Å². The van der Waals surface area contributed by atoms with Crippen molar-refractivity contribution in [2.45, 2.75) is 18.6 Å². The number of alkyl halides is 3. The van der Waals surface area contributed by atoms with Crippen molar-refractivity contribution in [1.29, 1.82) is 0 Å². The van der Waals surface area contributed by atoms with Crippen molar-refractivity contribution in [2.24, 2.45) is 0 Å². The fourth-order valence-corrected chi connectivity index (χ4v) is 4.36. The Morgan fingerprint density at radius 2 is 2.05 bits per heavy atom. The molecule has 1 aliphatic rings. The van der Waals surface area contributed by atoms with Crippen molar-refractivity contribution in [3.05, 3.63) is 23.8 Å². The van der Waals surface area contributed by atoms with E-state index in [1.54, 1.807) is 0 Å². The first-order chi connectivity index (χ1) is 9.67. The molecule has 2 aromatic rings. The molecule has 3 rings (SSSR count). The number of hydrogen-bond acceptors (Lipinski definition) is 4. The van der Waals surface area contributed by atoms with E-state index < -0.39 is 21.6 Å². The van der Waals surface area contributed by atoms with Gasteiger partial charge in [0.05, 0.1) is 34.1 Å². The lowest BCUT2D eigenvalue weighted by molar-refractivity contribution is -0.137. The Kier molecular flexibility index (Phi) is 2.94. The van der Waals surface area contributed by atoms with Crippen molar-refractivity contribution in [3.63, 3.8) is 0 Å². The average Bonchev–Trinajstić information content (AvgIpc) is 2.85. The number of hydrogen-bond donors (Lipinski definition) is 1. The van der Waals surface area contributed by atoms with E-state index in [1.807, 2.05) is 0 Å². The summed E-state index contributed by atoms with van der Waals surface area (Å²) in [6.45, 7) is 0. The van der Waals surface area contributed by atoms with Crippen molar-refractivity contribution in [1.82, 2.24) is 9.55 Å². The molecule has 1 atom stereocenters. The van der Waals surface area contributed by atoms with E-state index in [1.165, 1.54) is 10.6 Å². The highest BCUT2D eigenvalue weighted by atomic mass is 32.2. The Morgan fingerprint density at radius 3 is 2.62 bits per heavy atom. The van der Waals surface area contributed by atoms with Gasteiger partial charge in [0.1, 0.15) is 0 Å². The molecule has 0 saturated carbocycles. The van der Waals surface area contributed by atoms with Crippen LogP contribution >= 0.6 is 0 Å². The number of rotatable bonds is 1. The number of imidazole rings is 1. The summed E-state index contributed by atoms with van der Waals surface area (Å²) < 4.78 is 62.6. The zero-order chi connectivity index (χ0) is 15.4. The van der Waals surface area contributed by atoms with Crippen LogP contribution in [-0.4, -0.2) is 29.5 Å². The maximum Gasteiger partial charge on any atom is 0.416 e. The van der Waals surface area contributed by atoms with Crippen molar-refractivity contribution in [3.8, 4) is 0 Å². The van der Waals surface area contributed by atoms with Crippen LogP contribution in [0, 0.1) is 0 Å². The maximum atomic E-state index is 12.7. The highest BCUT2D eigenvalue weighted by molar-refractivity contribution is 7.91. The summed E-state index contributed by atoms with van der Waals surface area (Å²) in [5, 5.41) is 0. The van der Waals surface area contributed by atoms with Crippen molar-refractivity contribution >= 4 is 26.8 Å². The third-order valence-electron chi connectivity index (χ3n) is 3.62. The molecule has 0 aliphatic carbocycles. The third kappa shape index (κ3) is 2.45. The number of nitrogens with zero attached hydrogens (tertiary/aromatic N) is 2. The van der Waals surface area contributed by atoms with Gasteiger partial charge >= 0.3 is 6.18 Å². The molecule has 0 spiro atoms. The summed E-state index contributed by atoms with van der Waals surface area (Å²) in [4.78, 5) is 3.93. The molecule has 1 unspecified atom stereocenters. The van der Waals surface area contributed by atoms with Gasteiger partial charge < -0.3 is 10.3 Å². The summed E-state index contributed by atoms with van der Waals surface area (Å²) in [5.41, 5.74) is 5.49. The second-order valence-corrected chi connectivity index (χ2v) is 7.33. The van der Waals surface area contributed by atoms with Crippen LogP contribution < -0.4 is 5.73 Å². The van der Waals surface area contributed by atoms with Gasteiger partial charge in [-0.15, -0.1) is 0 Å². The molecule has 1 aromatic carbocycles. The Labute approximate surface area is 118 Å². The van der Waals surface area contributed by atoms with Crippen LogP contribution in [0.25, 0.3) is 11.0 Å². The van der Waals surface area contributed by atoms with E-state index in [4.69, 9.17) is 5.73 Å². The molecule has 0 amide bonds. The van der Waals surface area contributed by atoms with Crippen LogP contribution in [-0.2, 0) is 16.0 Å². The molecule has 0 radical (unpaired) electrons. The van der Waals surface area contributed by atoms with Crippen LogP contribution in [0.4, 0.5) is 19.1 Å². The second kappa shape index (κ2) is 4.36. The molecule has 1 aromatic heterocycles. The Hall–Kier alpha value is -1.77. The molecule has 2 heterocycles. The smallest absolute Gasteiger partial charge is 0.369 e. The van der Waals surface area contributed by atoms with Crippen LogP contribution in [0.3, 0.4) is 0 Å². The number of nitrogen functional groups attached to an aromatic ring is 1. The molecule has 2 N–H and O–H groups in total. The second-order valence-electron chi connectivity index (χ2n) is 5.10. The van der Waals surface area contributed by atoms with Gasteiger partial charge in [0.25, 0.3) is 0 Å². The number of aromatic nitrogens is 2. The van der Waals surface area contributed by atoms with Gasteiger partial charge in [-0.2, -0.15) is 13.2 Å². The zero-order valence-electron chi connectivity index (χ0n) is 10.8. The van der Waals surface area contributed by atoms with Crippen LogP contribution in [0.5, 0.6) is 0 Å². The molecular weight excluding hydrogens is 307 g/mol. The maximum absolute atomic E-state index is 12.7. The molecule has 1 aliphatic heterocycles. The Bertz CT molecular complexity index is 811. The van der Waals surface area contributed by atoms with Crippen LogP contribution in [0.15, 0.2) is 18.2 Å². The topological polar surface area (TPSA) is 78.0 Å². The minimum atomic E-state index is -4.45. The number of sulfone groups is 1. The molecule has 114 valence electrons. The monoisotopic (exact) mass is 319 g/mol. The van der Waals surface area contributed by atoms with E-state index in [2.05, 4.69) is 4.98 Å². The lowest BCUT2D eigenvalue weighted by Gasteiger charge is -2.13. The predicted molar refractivity (Wildman–Crippen MR) is 71.5 cm³/mol. The minimum Gasteiger partial charge on any atom is -0.369 e. The normalized spacial score (nSPS) is 22.0. The number of halogens is 3. The minimum absolute atomic E-state index is 0.0337. The molecule has 1 saturated heterocycles. The first kappa shape index (κ1) is 14.2. The fourth-order valence-electron chi connectivity index (χ4n) is 2.66. The summed E-state index contributed by atoms with van der Waals surface area (Å²) in [5.74, 6) is 0.0209. The molecule has 9 heteroatoms. The van der Waals surface area contributed by atoms with Crippen LogP contribution in [0.1, 0.15) is 18.0 Å². The first-order valence-corrected chi connectivity index (χ1v) is 8.04. The lowest BCUT2D eigenvalue weighted by Crippen LogP contribution is -2.13. The predicted octanol–water partition coefficient (Wildman–Crippen LogP) is 2.00. The standard InChI is InChI=1S/C12H12F3N3O2S/c13-12(14,15)7-1-2-10-9(5-7)17-11(16)18(10)8-3-4-21(19,20)6-8/h1-2,5,8H,3-4,6H2,(H2,16,17). The van der Waals surface area contributed by atoms with E-state index in [9.17, 15) is 21.6 Å². The average molecular weight is 319 g/mol. The highest BCUT2D eigenvalue weighted by Gasteiger charge is 2.33. The van der Waals surface area contributed by atoms with Gasteiger partial charge in [0.2, 0.25) is 5.95 Å². The number of anilines is 1. The van der Waals surface area contributed by atoms with E-state index in [0.29, 0.717) is 11.9 Å². The Morgan fingerprint density at radius 1 is 1.33 bits per heavy atom. The lowest BCUT2D eigenvalue weighted by atomic mass is 10.2. The molecule has 1 fully saturated rings. The van der Waals surface area contributed by atoms with Crippen LogP contribution in [0.2, 0.25) is 0 Å². The number of nitrogens with two attached hydrogens (primary N) is 1. The van der Waals surface area contributed by atoms with Gasteiger partial charge in [-0.1, -0.05) is 0 Å². The van der Waals surface area contributed by atoms with Gasteiger partial charge in [-0.3, -0.25) is 0 Å². The van der Waals surface area contributed by atoms with E-state index in [0.717, 1.165) is 12.1 Å². The summed E-state index contributed by atoms with van der Waals surface area (Å²) in [7, 11) is -3.12. The fraction of sp³-hybridized carbons (Fsp3) is 0.417. The first-order valence-electron chi connectivity index (χ1n) is 6.22. The molecule has 5 nitrogen and oxygen atoms in total. The van der Waals surface area contributed by atoms with Gasteiger partial charge in [-0.05, 0) is 24.6 Å². The zero-order valence-corrected chi connectivity index (χ0v) is 11.6. The summed E-state index contributed by atoms with van der Waals surface area (Å²) in [6, 6.07) is 2.78. The summed E-state index contributed by atoms with van der Waals surface area (Å²) in [6.07, 6.45) is -4.07. The van der Waals surface area contributed by atoms with Gasteiger partial charge in [0.15, 0.2) is 9.84 Å². The highest BCUT2D eigenvalue weighted by Crippen LogP contribution is 2.34. The number of benzene rings is 1. The molecular formula is C12H12F3N3O2S. The van der Waals surface area contributed by atoms with Crippen molar-refractivity contribution < 1.29 is 21.6 Å². The molecule has 0 bridgehead atoms. The van der Waals surface area contributed by atoms with E-state index >= 15 is 0 Å². The Balaban J connectivity index is 2.11. The van der Waals surface area contributed by atoms with E-state index in [-0.39, 0.29) is 29.0 Å². The quantitative estimate of drug-likeness (QED) is 0.872. The summed E-state index contributed by atoms with van der Waals surface area (Å²) >= 11 is 0. The largest absolute Gasteiger partial charge is 0.416 e. The SMILES string of the molecule is Nc1nc2cc(C(F)(F)F)ccc2n1C1CCS(=O)(=O)C1. The molecule has 21 heavy (non-hydrogen) atoms. The van der Waals surface area contributed by atoms with Gasteiger partial charge in [-0.25, -0.2) is 13.4 Å². The number of fused-ring (bicyclic) bond motifs is 1.